The highest BCUT2D eigenvalue weighted by Crippen LogP contribution is 2.25. The second kappa shape index (κ2) is 9.36. The van der Waals surface area contributed by atoms with Crippen LogP contribution in [0.5, 0.6) is 0 Å². The number of benzene rings is 1. The average molecular weight is 443 g/mol. The molecule has 0 atom stereocenters. The Morgan fingerprint density at radius 1 is 1.03 bits per heavy atom. The van der Waals surface area contributed by atoms with E-state index in [0.717, 1.165) is 50.2 Å². The van der Waals surface area contributed by atoms with Crippen molar-refractivity contribution < 1.29 is 13.2 Å². The number of piperidine rings is 1. The summed E-state index contributed by atoms with van der Waals surface area (Å²) in [6.45, 7) is 5.23. The summed E-state index contributed by atoms with van der Waals surface area (Å²) < 4.78 is 26.8. The van der Waals surface area contributed by atoms with Crippen molar-refractivity contribution in [3.05, 3.63) is 53.7 Å². The molecule has 3 heterocycles. The summed E-state index contributed by atoms with van der Waals surface area (Å²) in [5.41, 5.74) is 2.31. The minimum absolute atomic E-state index is 0.00323. The standard InChI is InChI=1S/C23H30N4O3S/c1-18-4-6-19(7-5-18)16-25-23(28)20-10-14-26(15-11-20)22-9-8-21(17-24-22)31(29,30)27-12-2-3-13-27/h4-9,17,20H,2-3,10-16H2,1H3,(H,25,28). The predicted molar refractivity (Wildman–Crippen MR) is 120 cm³/mol. The number of rotatable bonds is 6. The van der Waals surface area contributed by atoms with Gasteiger partial charge in [0.1, 0.15) is 10.7 Å². The Morgan fingerprint density at radius 2 is 1.71 bits per heavy atom. The highest BCUT2D eigenvalue weighted by Gasteiger charge is 2.28. The van der Waals surface area contributed by atoms with Crippen molar-refractivity contribution >= 4 is 21.7 Å². The van der Waals surface area contributed by atoms with Crippen LogP contribution < -0.4 is 10.2 Å². The number of amides is 1. The number of sulfonamides is 1. The SMILES string of the molecule is Cc1ccc(CNC(=O)C2CCN(c3ccc(S(=O)(=O)N4CCCC4)cn3)CC2)cc1. The van der Waals surface area contributed by atoms with Gasteiger partial charge in [0.25, 0.3) is 0 Å². The lowest BCUT2D eigenvalue weighted by Crippen LogP contribution is -2.40. The van der Waals surface area contributed by atoms with Crippen LogP contribution in [0.3, 0.4) is 0 Å². The van der Waals surface area contributed by atoms with E-state index in [4.69, 9.17) is 0 Å². The predicted octanol–water partition coefficient (Wildman–Crippen LogP) is 2.71. The van der Waals surface area contributed by atoms with Gasteiger partial charge >= 0.3 is 0 Å². The third-order valence-corrected chi connectivity index (χ3v) is 8.08. The Hall–Kier alpha value is -2.45. The summed E-state index contributed by atoms with van der Waals surface area (Å²) in [7, 11) is -3.44. The molecule has 1 aromatic carbocycles. The van der Waals surface area contributed by atoms with Gasteiger partial charge in [0.2, 0.25) is 15.9 Å². The Balaban J connectivity index is 1.29. The number of aromatic nitrogens is 1. The summed E-state index contributed by atoms with van der Waals surface area (Å²) >= 11 is 0. The van der Waals surface area contributed by atoms with Crippen molar-refractivity contribution in [2.24, 2.45) is 5.92 Å². The molecule has 2 saturated heterocycles. The fourth-order valence-electron chi connectivity index (χ4n) is 4.20. The Kier molecular flexibility index (Phi) is 6.57. The first kappa shape index (κ1) is 21.8. The third-order valence-electron chi connectivity index (χ3n) is 6.20. The largest absolute Gasteiger partial charge is 0.357 e. The highest BCUT2D eigenvalue weighted by atomic mass is 32.2. The van der Waals surface area contributed by atoms with E-state index in [1.165, 1.54) is 16.1 Å². The molecular weight excluding hydrogens is 412 g/mol. The summed E-state index contributed by atoms with van der Waals surface area (Å²) in [5.74, 6) is 0.857. The Morgan fingerprint density at radius 3 is 2.32 bits per heavy atom. The van der Waals surface area contributed by atoms with E-state index in [9.17, 15) is 13.2 Å². The van der Waals surface area contributed by atoms with Crippen LogP contribution in [0.4, 0.5) is 5.82 Å². The number of carbonyl (C=O) groups excluding carboxylic acids is 1. The Bertz CT molecular complexity index is 992. The van der Waals surface area contributed by atoms with Crippen LogP contribution in [-0.4, -0.2) is 49.8 Å². The fraction of sp³-hybridized carbons (Fsp3) is 0.478. The van der Waals surface area contributed by atoms with Crippen molar-refractivity contribution in [2.45, 2.75) is 44.0 Å². The summed E-state index contributed by atoms with van der Waals surface area (Å²) in [5, 5.41) is 3.05. The maximum absolute atomic E-state index is 12.6. The van der Waals surface area contributed by atoms with E-state index in [-0.39, 0.29) is 16.7 Å². The number of nitrogens with zero attached hydrogens (tertiary/aromatic N) is 3. The van der Waals surface area contributed by atoms with Gasteiger partial charge in [-0.2, -0.15) is 4.31 Å². The first-order chi connectivity index (χ1) is 14.9. The smallest absolute Gasteiger partial charge is 0.244 e. The van der Waals surface area contributed by atoms with Crippen LogP contribution in [0.15, 0.2) is 47.5 Å². The van der Waals surface area contributed by atoms with E-state index in [1.807, 2.05) is 19.1 Å². The van der Waals surface area contributed by atoms with Crippen LogP contribution in [0, 0.1) is 12.8 Å². The lowest BCUT2D eigenvalue weighted by atomic mass is 9.96. The molecule has 0 saturated carbocycles. The molecule has 0 bridgehead atoms. The van der Waals surface area contributed by atoms with Gasteiger partial charge in [-0.1, -0.05) is 29.8 Å². The van der Waals surface area contributed by atoms with E-state index in [2.05, 4.69) is 27.3 Å². The molecule has 7 nitrogen and oxygen atoms in total. The lowest BCUT2D eigenvalue weighted by molar-refractivity contribution is -0.125. The zero-order valence-electron chi connectivity index (χ0n) is 18.0. The van der Waals surface area contributed by atoms with Gasteiger partial charge in [0.05, 0.1) is 0 Å². The minimum Gasteiger partial charge on any atom is -0.357 e. The molecule has 2 fully saturated rings. The fourth-order valence-corrected chi connectivity index (χ4v) is 5.66. The second-order valence-corrected chi connectivity index (χ2v) is 10.4. The van der Waals surface area contributed by atoms with Crippen molar-refractivity contribution in [2.75, 3.05) is 31.1 Å². The van der Waals surface area contributed by atoms with Gasteiger partial charge < -0.3 is 10.2 Å². The first-order valence-corrected chi connectivity index (χ1v) is 12.4. The average Bonchev–Trinajstić information content (AvgIpc) is 3.35. The third kappa shape index (κ3) is 5.07. The van der Waals surface area contributed by atoms with Gasteiger partial charge in [-0.05, 0) is 50.3 Å². The second-order valence-electron chi connectivity index (χ2n) is 8.43. The maximum Gasteiger partial charge on any atom is 0.244 e. The zero-order valence-corrected chi connectivity index (χ0v) is 18.8. The topological polar surface area (TPSA) is 82.6 Å². The molecule has 0 radical (unpaired) electrons. The van der Waals surface area contributed by atoms with Crippen molar-refractivity contribution in [3.8, 4) is 0 Å². The van der Waals surface area contributed by atoms with E-state index in [0.29, 0.717) is 19.6 Å². The number of pyridine rings is 1. The molecule has 0 spiro atoms. The molecule has 0 unspecified atom stereocenters. The molecule has 166 valence electrons. The molecule has 4 rings (SSSR count). The molecule has 0 aliphatic carbocycles. The van der Waals surface area contributed by atoms with Crippen LogP contribution in [0.1, 0.15) is 36.8 Å². The van der Waals surface area contributed by atoms with E-state index < -0.39 is 10.0 Å². The van der Waals surface area contributed by atoms with Gasteiger partial charge in [-0.15, -0.1) is 0 Å². The summed E-state index contributed by atoms with van der Waals surface area (Å²) in [6.07, 6.45) is 4.81. The van der Waals surface area contributed by atoms with Crippen molar-refractivity contribution in [1.29, 1.82) is 0 Å². The van der Waals surface area contributed by atoms with Gasteiger partial charge in [-0.3, -0.25) is 4.79 Å². The number of hydrogen-bond acceptors (Lipinski definition) is 5. The zero-order chi connectivity index (χ0) is 21.8. The molecule has 1 N–H and O–H groups in total. The lowest BCUT2D eigenvalue weighted by Gasteiger charge is -2.32. The maximum atomic E-state index is 12.6. The van der Waals surface area contributed by atoms with Crippen LogP contribution in [0.2, 0.25) is 0 Å². The van der Waals surface area contributed by atoms with Crippen molar-refractivity contribution in [1.82, 2.24) is 14.6 Å². The van der Waals surface area contributed by atoms with Gasteiger partial charge in [0, 0.05) is 44.8 Å². The Labute approximate surface area is 184 Å². The normalized spacial score (nSPS) is 18.3. The molecule has 8 heteroatoms. The molecule has 2 aromatic rings. The molecule has 2 aliphatic rings. The number of hydrogen-bond donors (Lipinski definition) is 1. The number of aryl methyl sites for hydroxylation is 1. The molecular formula is C23H30N4O3S. The monoisotopic (exact) mass is 442 g/mol. The summed E-state index contributed by atoms with van der Waals surface area (Å²) in [4.78, 5) is 19.3. The van der Waals surface area contributed by atoms with Crippen LogP contribution >= 0.6 is 0 Å². The van der Waals surface area contributed by atoms with Crippen LogP contribution in [-0.2, 0) is 21.4 Å². The molecule has 1 amide bonds. The van der Waals surface area contributed by atoms with E-state index in [1.54, 1.807) is 12.1 Å². The van der Waals surface area contributed by atoms with Crippen molar-refractivity contribution in [3.63, 3.8) is 0 Å². The van der Waals surface area contributed by atoms with Gasteiger partial charge in [0.15, 0.2) is 0 Å². The molecule has 1 aromatic heterocycles. The van der Waals surface area contributed by atoms with E-state index >= 15 is 0 Å². The van der Waals surface area contributed by atoms with Crippen LogP contribution in [0.25, 0.3) is 0 Å². The number of nitrogens with one attached hydrogen (secondary N) is 1. The van der Waals surface area contributed by atoms with Gasteiger partial charge in [-0.25, -0.2) is 13.4 Å². The first-order valence-electron chi connectivity index (χ1n) is 11.0. The highest BCUT2D eigenvalue weighted by molar-refractivity contribution is 7.89. The molecule has 31 heavy (non-hydrogen) atoms. The summed E-state index contributed by atoms with van der Waals surface area (Å²) in [6, 6.07) is 11.6. The number of carbonyl (C=O) groups is 1. The minimum atomic E-state index is -3.44. The molecule has 2 aliphatic heterocycles. The quantitative estimate of drug-likeness (QED) is 0.744. The number of anilines is 1.